The maximum atomic E-state index is 12.9. The molecular formula is C13H14BrFN2O3. The molecule has 0 spiro atoms. The van der Waals surface area contributed by atoms with Crippen molar-refractivity contribution in [1.29, 1.82) is 0 Å². The lowest BCUT2D eigenvalue weighted by atomic mass is 9.87. The third kappa shape index (κ3) is 3.09. The SMILES string of the molecule is CC(C(=O)O)C1CN(C(=O)Nc2ccc(F)cc2Br)C1. The number of nitrogens with one attached hydrogen (secondary N) is 1. The minimum atomic E-state index is -0.851. The van der Waals surface area contributed by atoms with E-state index in [1.54, 1.807) is 6.92 Å². The number of aliphatic carboxylic acids is 1. The van der Waals surface area contributed by atoms with Crippen molar-refractivity contribution in [3.05, 3.63) is 28.5 Å². The van der Waals surface area contributed by atoms with E-state index in [2.05, 4.69) is 21.2 Å². The molecular weight excluding hydrogens is 331 g/mol. The third-order valence-electron chi connectivity index (χ3n) is 3.47. The lowest BCUT2D eigenvalue weighted by Gasteiger charge is -2.41. The highest BCUT2D eigenvalue weighted by molar-refractivity contribution is 9.10. The number of amides is 2. The van der Waals surface area contributed by atoms with Crippen LogP contribution < -0.4 is 5.32 Å². The van der Waals surface area contributed by atoms with E-state index in [-0.39, 0.29) is 11.9 Å². The minimum Gasteiger partial charge on any atom is -0.481 e. The number of carbonyl (C=O) groups excluding carboxylic acids is 1. The van der Waals surface area contributed by atoms with Gasteiger partial charge in [0.1, 0.15) is 5.82 Å². The number of carboxylic acids is 1. The molecule has 1 fully saturated rings. The molecule has 1 saturated heterocycles. The van der Waals surface area contributed by atoms with Crippen molar-refractivity contribution in [1.82, 2.24) is 4.90 Å². The summed E-state index contributed by atoms with van der Waals surface area (Å²) in [6.07, 6.45) is 0. The van der Waals surface area contributed by atoms with Gasteiger partial charge >= 0.3 is 12.0 Å². The molecule has 1 aliphatic rings. The Bertz CT molecular complexity index is 546. The fourth-order valence-corrected chi connectivity index (χ4v) is 2.43. The molecule has 1 heterocycles. The summed E-state index contributed by atoms with van der Waals surface area (Å²) in [5.74, 6) is -1.72. The number of urea groups is 1. The molecule has 1 atom stereocenters. The van der Waals surface area contributed by atoms with Crippen LogP contribution in [0.25, 0.3) is 0 Å². The van der Waals surface area contributed by atoms with Crippen molar-refractivity contribution in [3.63, 3.8) is 0 Å². The number of anilines is 1. The summed E-state index contributed by atoms with van der Waals surface area (Å²) in [6, 6.07) is 3.67. The van der Waals surface area contributed by atoms with Crippen LogP contribution in [0.1, 0.15) is 6.92 Å². The molecule has 1 aromatic carbocycles. The van der Waals surface area contributed by atoms with Crippen molar-refractivity contribution in [3.8, 4) is 0 Å². The monoisotopic (exact) mass is 344 g/mol. The predicted molar refractivity (Wildman–Crippen MR) is 75.0 cm³/mol. The quantitative estimate of drug-likeness (QED) is 0.885. The van der Waals surface area contributed by atoms with Gasteiger partial charge in [0, 0.05) is 23.5 Å². The van der Waals surface area contributed by atoms with E-state index in [9.17, 15) is 14.0 Å². The number of halogens is 2. The Morgan fingerprint density at radius 3 is 2.70 bits per heavy atom. The maximum Gasteiger partial charge on any atom is 0.321 e. The molecule has 1 unspecified atom stereocenters. The van der Waals surface area contributed by atoms with Crippen LogP contribution >= 0.6 is 15.9 Å². The van der Waals surface area contributed by atoms with Gasteiger partial charge < -0.3 is 15.3 Å². The molecule has 2 N–H and O–H groups in total. The number of benzene rings is 1. The van der Waals surface area contributed by atoms with Crippen LogP contribution in [-0.2, 0) is 4.79 Å². The van der Waals surface area contributed by atoms with Crippen molar-refractivity contribution in [2.75, 3.05) is 18.4 Å². The number of carboxylic acid groups (broad SMARTS) is 1. The minimum absolute atomic E-state index is 0.0186. The van der Waals surface area contributed by atoms with Gasteiger partial charge in [-0.15, -0.1) is 0 Å². The Balaban J connectivity index is 1.90. The molecule has 2 amide bonds. The van der Waals surface area contributed by atoms with Crippen LogP contribution in [0, 0.1) is 17.7 Å². The second-order valence-corrected chi connectivity index (χ2v) is 5.70. The van der Waals surface area contributed by atoms with Gasteiger partial charge in [0.2, 0.25) is 0 Å². The van der Waals surface area contributed by atoms with E-state index in [0.29, 0.717) is 23.2 Å². The highest BCUT2D eigenvalue weighted by Crippen LogP contribution is 2.27. The summed E-state index contributed by atoms with van der Waals surface area (Å²) >= 11 is 3.17. The summed E-state index contributed by atoms with van der Waals surface area (Å²) in [5.41, 5.74) is 0.478. The smallest absolute Gasteiger partial charge is 0.321 e. The molecule has 0 aromatic heterocycles. The fraction of sp³-hybridized carbons (Fsp3) is 0.385. The average molecular weight is 345 g/mol. The van der Waals surface area contributed by atoms with Crippen LogP contribution in [0.3, 0.4) is 0 Å². The highest BCUT2D eigenvalue weighted by Gasteiger charge is 2.37. The lowest BCUT2D eigenvalue weighted by Crippen LogP contribution is -2.54. The summed E-state index contributed by atoms with van der Waals surface area (Å²) in [5, 5.41) is 11.5. The van der Waals surface area contributed by atoms with E-state index < -0.39 is 17.7 Å². The highest BCUT2D eigenvalue weighted by atomic mass is 79.9. The Morgan fingerprint density at radius 1 is 1.50 bits per heavy atom. The number of hydrogen-bond acceptors (Lipinski definition) is 2. The van der Waals surface area contributed by atoms with Crippen LogP contribution in [0.15, 0.2) is 22.7 Å². The van der Waals surface area contributed by atoms with E-state index in [0.717, 1.165) is 0 Å². The zero-order valence-corrected chi connectivity index (χ0v) is 12.4. The van der Waals surface area contributed by atoms with Crippen molar-refractivity contribution >= 4 is 33.6 Å². The van der Waals surface area contributed by atoms with Crippen molar-refractivity contribution in [2.24, 2.45) is 11.8 Å². The normalized spacial score (nSPS) is 16.4. The number of nitrogens with zero attached hydrogens (tertiary/aromatic N) is 1. The van der Waals surface area contributed by atoms with Crippen LogP contribution in [0.5, 0.6) is 0 Å². The van der Waals surface area contributed by atoms with E-state index in [4.69, 9.17) is 5.11 Å². The van der Waals surface area contributed by atoms with Gasteiger partial charge in [-0.25, -0.2) is 9.18 Å². The molecule has 0 aliphatic carbocycles. The fourth-order valence-electron chi connectivity index (χ4n) is 1.98. The van der Waals surface area contributed by atoms with Crippen LogP contribution in [-0.4, -0.2) is 35.1 Å². The molecule has 20 heavy (non-hydrogen) atoms. The summed E-state index contributed by atoms with van der Waals surface area (Å²) in [4.78, 5) is 24.3. The van der Waals surface area contributed by atoms with E-state index in [1.165, 1.54) is 23.1 Å². The Morgan fingerprint density at radius 2 is 2.15 bits per heavy atom. The first-order valence-corrected chi connectivity index (χ1v) is 6.91. The molecule has 7 heteroatoms. The van der Waals surface area contributed by atoms with E-state index >= 15 is 0 Å². The van der Waals surface area contributed by atoms with Gasteiger partial charge in [-0.3, -0.25) is 4.79 Å². The first-order chi connectivity index (χ1) is 9.38. The van der Waals surface area contributed by atoms with Gasteiger partial charge in [-0.2, -0.15) is 0 Å². The summed E-state index contributed by atoms with van der Waals surface area (Å²) < 4.78 is 13.4. The molecule has 1 aliphatic heterocycles. The van der Waals surface area contributed by atoms with Crippen molar-refractivity contribution < 1.29 is 19.1 Å². The zero-order chi connectivity index (χ0) is 14.9. The largest absolute Gasteiger partial charge is 0.481 e. The molecule has 1 aromatic rings. The first kappa shape index (κ1) is 14.8. The second-order valence-electron chi connectivity index (χ2n) is 4.85. The molecule has 5 nitrogen and oxygen atoms in total. The third-order valence-corrected chi connectivity index (χ3v) is 4.12. The number of likely N-dealkylation sites (tertiary alicyclic amines) is 1. The maximum absolute atomic E-state index is 12.9. The topological polar surface area (TPSA) is 69.6 Å². The van der Waals surface area contributed by atoms with Crippen LogP contribution in [0.2, 0.25) is 0 Å². The van der Waals surface area contributed by atoms with Crippen molar-refractivity contribution in [2.45, 2.75) is 6.92 Å². The summed E-state index contributed by atoms with van der Waals surface area (Å²) in [6.45, 7) is 2.47. The molecule has 2 rings (SSSR count). The number of hydrogen-bond donors (Lipinski definition) is 2. The molecule has 108 valence electrons. The Hall–Kier alpha value is -1.63. The lowest BCUT2D eigenvalue weighted by molar-refractivity contribution is -0.144. The van der Waals surface area contributed by atoms with E-state index in [1.807, 2.05) is 0 Å². The standard InChI is InChI=1S/C13H14BrFN2O3/c1-7(12(18)19)8-5-17(6-8)13(20)16-11-3-2-9(15)4-10(11)14/h2-4,7-8H,5-6H2,1H3,(H,16,20)(H,18,19). The van der Waals surface area contributed by atoms with Gasteiger partial charge in [-0.05, 0) is 34.1 Å². The number of rotatable bonds is 3. The summed E-state index contributed by atoms with van der Waals surface area (Å²) in [7, 11) is 0. The Labute approximate surface area is 123 Å². The number of carbonyl (C=O) groups is 2. The van der Waals surface area contributed by atoms with Gasteiger partial charge in [0.05, 0.1) is 11.6 Å². The zero-order valence-electron chi connectivity index (χ0n) is 10.8. The Kier molecular flexibility index (Phi) is 4.27. The van der Waals surface area contributed by atoms with Crippen LogP contribution in [0.4, 0.5) is 14.9 Å². The average Bonchev–Trinajstić information content (AvgIpc) is 2.30. The molecule has 0 bridgehead atoms. The molecule has 0 saturated carbocycles. The predicted octanol–water partition coefficient (Wildman–Crippen LogP) is 2.77. The van der Waals surface area contributed by atoms with Gasteiger partial charge in [0.25, 0.3) is 0 Å². The second kappa shape index (κ2) is 5.78. The van der Waals surface area contributed by atoms with Gasteiger partial charge in [-0.1, -0.05) is 6.92 Å². The first-order valence-electron chi connectivity index (χ1n) is 6.12. The van der Waals surface area contributed by atoms with Gasteiger partial charge in [0.15, 0.2) is 0 Å². The molecule has 0 radical (unpaired) electrons.